The fraction of sp³-hybridized carbons (Fsp3) is 0.583. The Morgan fingerprint density at radius 1 is 1.15 bits per heavy atom. The molecule has 1 aromatic carbocycles. The van der Waals surface area contributed by atoms with Crippen molar-refractivity contribution in [1.29, 1.82) is 0 Å². The number of rotatable bonds is 10. The van der Waals surface area contributed by atoms with Crippen LogP contribution in [0.5, 0.6) is 0 Å². The third kappa shape index (κ3) is 7.20. The van der Waals surface area contributed by atoms with Crippen molar-refractivity contribution in [2.75, 3.05) is 6.54 Å². The van der Waals surface area contributed by atoms with Crippen molar-refractivity contribution in [3.05, 3.63) is 35.9 Å². The standard InChI is InChI=1S/C24H34N4O5/c1-24(2)13-17(24)12-19(28-23(32)33-14-15-7-4-3-5-8-15)22(31)27-18(20(25)29)11-16-9-6-10-26-21(16)30/h3-5,7-8,16-19H,6,9-14H2,1-2H3,(H2,25,29)(H,26,30)(H,27,31)(H,28,32)/t16-,17?,18-,19?/m0/s1. The van der Waals surface area contributed by atoms with Crippen LogP contribution in [0.15, 0.2) is 30.3 Å². The topological polar surface area (TPSA) is 140 Å². The van der Waals surface area contributed by atoms with Crippen LogP contribution in [0.4, 0.5) is 4.79 Å². The minimum absolute atomic E-state index is 0.0800. The van der Waals surface area contributed by atoms with Crippen molar-refractivity contribution in [1.82, 2.24) is 16.0 Å². The minimum Gasteiger partial charge on any atom is -0.445 e. The lowest BCUT2D eigenvalue weighted by Gasteiger charge is -2.27. The molecule has 9 heteroatoms. The number of primary amides is 1. The number of amides is 4. The first kappa shape index (κ1) is 24.5. The Kier molecular flexibility index (Phi) is 7.94. The Balaban J connectivity index is 1.61. The molecule has 180 valence electrons. The van der Waals surface area contributed by atoms with Gasteiger partial charge in [0, 0.05) is 12.5 Å². The minimum atomic E-state index is -0.997. The highest BCUT2D eigenvalue weighted by Crippen LogP contribution is 2.54. The van der Waals surface area contributed by atoms with Crippen LogP contribution >= 0.6 is 0 Å². The van der Waals surface area contributed by atoms with E-state index in [1.165, 1.54) is 0 Å². The predicted octanol–water partition coefficient (Wildman–Crippen LogP) is 1.60. The highest BCUT2D eigenvalue weighted by molar-refractivity contribution is 5.91. The average molecular weight is 459 g/mol. The molecule has 1 saturated carbocycles. The fourth-order valence-electron chi connectivity index (χ4n) is 4.26. The zero-order chi connectivity index (χ0) is 24.0. The summed E-state index contributed by atoms with van der Waals surface area (Å²) in [6.45, 7) is 4.90. The van der Waals surface area contributed by atoms with Crippen molar-refractivity contribution < 1.29 is 23.9 Å². The van der Waals surface area contributed by atoms with Crippen LogP contribution in [0.1, 0.15) is 51.5 Å². The van der Waals surface area contributed by atoms with Gasteiger partial charge in [0.2, 0.25) is 17.7 Å². The van der Waals surface area contributed by atoms with Crippen LogP contribution in [0.3, 0.4) is 0 Å². The summed E-state index contributed by atoms with van der Waals surface area (Å²) in [6, 6.07) is 7.36. The second kappa shape index (κ2) is 10.7. The van der Waals surface area contributed by atoms with E-state index in [-0.39, 0.29) is 36.2 Å². The summed E-state index contributed by atoms with van der Waals surface area (Å²) in [5.41, 5.74) is 6.45. The first-order chi connectivity index (χ1) is 15.7. The van der Waals surface area contributed by atoms with Crippen LogP contribution in [0.25, 0.3) is 0 Å². The molecule has 1 saturated heterocycles. The molecule has 0 bridgehead atoms. The fourth-order valence-corrected chi connectivity index (χ4v) is 4.26. The maximum Gasteiger partial charge on any atom is 0.408 e. The van der Waals surface area contributed by atoms with Gasteiger partial charge in [-0.25, -0.2) is 4.79 Å². The Morgan fingerprint density at radius 2 is 1.85 bits per heavy atom. The molecule has 4 amide bonds. The van der Waals surface area contributed by atoms with Crippen molar-refractivity contribution in [2.45, 2.75) is 64.6 Å². The predicted molar refractivity (Wildman–Crippen MR) is 122 cm³/mol. The van der Waals surface area contributed by atoms with Gasteiger partial charge in [0.1, 0.15) is 18.7 Å². The summed E-state index contributed by atoms with van der Waals surface area (Å²) in [7, 11) is 0. The summed E-state index contributed by atoms with van der Waals surface area (Å²) in [5.74, 6) is -1.48. The number of piperidine rings is 1. The van der Waals surface area contributed by atoms with Gasteiger partial charge < -0.3 is 26.4 Å². The average Bonchev–Trinajstić information content (AvgIpc) is 3.38. The van der Waals surface area contributed by atoms with Gasteiger partial charge in [0.15, 0.2) is 0 Å². The lowest BCUT2D eigenvalue weighted by atomic mass is 9.91. The molecule has 5 N–H and O–H groups in total. The largest absolute Gasteiger partial charge is 0.445 e. The Hall–Kier alpha value is -3.10. The number of carbonyl (C=O) groups is 4. The lowest BCUT2D eigenvalue weighted by Crippen LogP contribution is -2.54. The Morgan fingerprint density at radius 3 is 2.45 bits per heavy atom. The number of nitrogens with one attached hydrogen (secondary N) is 3. The Bertz CT molecular complexity index is 873. The highest BCUT2D eigenvalue weighted by atomic mass is 16.5. The molecule has 2 fully saturated rings. The van der Waals surface area contributed by atoms with Crippen LogP contribution in [-0.2, 0) is 25.7 Å². The van der Waals surface area contributed by atoms with Gasteiger partial charge in [-0.1, -0.05) is 44.2 Å². The van der Waals surface area contributed by atoms with Crippen molar-refractivity contribution >= 4 is 23.8 Å². The number of ether oxygens (including phenoxy) is 1. The number of hydrogen-bond donors (Lipinski definition) is 4. The molecule has 1 heterocycles. The molecule has 1 aliphatic heterocycles. The normalized spacial score (nSPS) is 22.9. The summed E-state index contributed by atoms with van der Waals surface area (Å²) in [4.78, 5) is 49.6. The molecule has 9 nitrogen and oxygen atoms in total. The highest BCUT2D eigenvalue weighted by Gasteiger charge is 2.47. The summed E-state index contributed by atoms with van der Waals surface area (Å²) < 4.78 is 5.28. The molecule has 1 aliphatic carbocycles. The number of benzene rings is 1. The van der Waals surface area contributed by atoms with Gasteiger partial charge in [0.05, 0.1) is 0 Å². The molecule has 2 aliphatic rings. The first-order valence-electron chi connectivity index (χ1n) is 11.5. The van der Waals surface area contributed by atoms with E-state index in [1.54, 1.807) is 0 Å². The molecule has 0 spiro atoms. The van der Waals surface area contributed by atoms with Gasteiger partial charge in [0.25, 0.3) is 0 Å². The summed E-state index contributed by atoms with van der Waals surface area (Å²) in [5, 5.41) is 8.08. The molecule has 33 heavy (non-hydrogen) atoms. The molecule has 0 radical (unpaired) electrons. The lowest BCUT2D eigenvalue weighted by molar-refractivity contribution is -0.131. The zero-order valence-corrected chi connectivity index (χ0v) is 19.3. The van der Waals surface area contributed by atoms with Crippen molar-refractivity contribution in [3.63, 3.8) is 0 Å². The van der Waals surface area contributed by atoms with Gasteiger partial charge in [-0.15, -0.1) is 0 Å². The van der Waals surface area contributed by atoms with Crippen LogP contribution in [0.2, 0.25) is 0 Å². The summed E-state index contributed by atoms with van der Waals surface area (Å²) >= 11 is 0. The van der Waals surface area contributed by atoms with Gasteiger partial charge >= 0.3 is 6.09 Å². The maximum absolute atomic E-state index is 13.1. The van der Waals surface area contributed by atoms with Crippen LogP contribution in [0, 0.1) is 17.3 Å². The van der Waals surface area contributed by atoms with Crippen LogP contribution < -0.4 is 21.7 Å². The van der Waals surface area contributed by atoms with Crippen molar-refractivity contribution in [3.8, 4) is 0 Å². The van der Waals surface area contributed by atoms with Gasteiger partial charge in [-0.2, -0.15) is 0 Å². The Labute approximate surface area is 194 Å². The quantitative estimate of drug-likeness (QED) is 0.422. The first-order valence-corrected chi connectivity index (χ1v) is 11.5. The second-order valence-corrected chi connectivity index (χ2v) is 9.71. The van der Waals surface area contributed by atoms with Gasteiger partial charge in [-0.05, 0) is 49.0 Å². The third-order valence-electron chi connectivity index (χ3n) is 6.64. The van der Waals surface area contributed by atoms with E-state index in [9.17, 15) is 19.2 Å². The van der Waals surface area contributed by atoms with Crippen molar-refractivity contribution in [2.24, 2.45) is 23.0 Å². The van der Waals surface area contributed by atoms with Gasteiger partial charge in [-0.3, -0.25) is 14.4 Å². The SMILES string of the molecule is CC1(C)CC1CC(NC(=O)OCc1ccccc1)C(=O)N[C@@H](C[C@@H]1CCCNC1=O)C(N)=O. The number of hydrogen-bond acceptors (Lipinski definition) is 5. The summed E-state index contributed by atoms with van der Waals surface area (Å²) in [6.07, 6.45) is 2.24. The molecule has 4 atom stereocenters. The smallest absolute Gasteiger partial charge is 0.408 e. The molecular formula is C24H34N4O5. The second-order valence-electron chi connectivity index (χ2n) is 9.71. The number of nitrogens with two attached hydrogens (primary N) is 1. The number of alkyl carbamates (subject to hydrolysis) is 1. The number of carbonyl (C=O) groups excluding carboxylic acids is 4. The monoisotopic (exact) mass is 458 g/mol. The van der Waals surface area contributed by atoms with E-state index < -0.39 is 30.0 Å². The zero-order valence-electron chi connectivity index (χ0n) is 19.3. The molecule has 2 unspecified atom stereocenters. The molecule has 0 aromatic heterocycles. The third-order valence-corrected chi connectivity index (χ3v) is 6.64. The molecular weight excluding hydrogens is 424 g/mol. The van der Waals surface area contributed by atoms with E-state index in [0.29, 0.717) is 19.4 Å². The van der Waals surface area contributed by atoms with Crippen LogP contribution in [-0.4, -0.2) is 42.4 Å². The molecule has 3 rings (SSSR count). The molecule has 1 aromatic rings. The van der Waals surface area contributed by atoms with E-state index in [0.717, 1.165) is 18.4 Å². The van der Waals surface area contributed by atoms with E-state index in [4.69, 9.17) is 10.5 Å². The van der Waals surface area contributed by atoms with E-state index >= 15 is 0 Å². The maximum atomic E-state index is 13.1. The van der Waals surface area contributed by atoms with E-state index in [2.05, 4.69) is 29.8 Å². The van der Waals surface area contributed by atoms with E-state index in [1.807, 2.05) is 30.3 Å².